The molecule has 1 N–H and O–H groups in total. The molecule has 4 fully saturated rings. The minimum absolute atomic E-state index is 0.0542. The third-order valence-corrected chi connectivity index (χ3v) is 6.75. The molecule has 0 saturated heterocycles. The summed E-state index contributed by atoms with van der Waals surface area (Å²) in [5, 5.41) is 0. The first-order valence-corrected chi connectivity index (χ1v) is 9.17. The van der Waals surface area contributed by atoms with Gasteiger partial charge in [0.1, 0.15) is 0 Å². The summed E-state index contributed by atoms with van der Waals surface area (Å²) < 4.78 is 27.4. The molecule has 4 saturated carbocycles. The molecule has 18 heavy (non-hydrogen) atoms. The molecular weight excluding hydrogens is 246 g/mol. The fourth-order valence-electron chi connectivity index (χ4n) is 4.95. The molecule has 0 aromatic heterocycles. The van der Waals surface area contributed by atoms with Gasteiger partial charge in [0.2, 0.25) is 10.0 Å². The van der Waals surface area contributed by atoms with Gasteiger partial charge in [0.15, 0.2) is 0 Å². The van der Waals surface area contributed by atoms with E-state index in [0.717, 1.165) is 49.9 Å². The maximum atomic E-state index is 12.2. The molecule has 4 rings (SSSR count). The van der Waals surface area contributed by atoms with Crippen molar-refractivity contribution >= 4 is 10.0 Å². The van der Waals surface area contributed by atoms with E-state index in [2.05, 4.69) is 4.72 Å². The molecule has 4 aliphatic carbocycles. The van der Waals surface area contributed by atoms with Crippen LogP contribution >= 0.6 is 0 Å². The molecule has 0 radical (unpaired) electrons. The molecule has 0 atom stereocenters. The lowest BCUT2D eigenvalue weighted by molar-refractivity contribution is -0.00809. The van der Waals surface area contributed by atoms with Gasteiger partial charge in [-0.15, -0.1) is 0 Å². The Morgan fingerprint density at radius 1 is 1.06 bits per heavy atom. The van der Waals surface area contributed by atoms with E-state index in [1.807, 2.05) is 6.92 Å². The van der Waals surface area contributed by atoms with E-state index in [4.69, 9.17) is 0 Å². The van der Waals surface area contributed by atoms with E-state index in [0.29, 0.717) is 5.75 Å². The van der Waals surface area contributed by atoms with Gasteiger partial charge in [-0.05, 0) is 62.7 Å². The van der Waals surface area contributed by atoms with Crippen molar-refractivity contribution in [1.82, 2.24) is 4.72 Å². The predicted molar refractivity (Wildman–Crippen MR) is 72.7 cm³/mol. The lowest BCUT2D eigenvalue weighted by Crippen LogP contribution is -2.60. The van der Waals surface area contributed by atoms with E-state index >= 15 is 0 Å². The van der Waals surface area contributed by atoms with Gasteiger partial charge in [-0.3, -0.25) is 0 Å². The molecule has 0 heterocycles. The predicted octanol–water partition coefficient (Wildman–Crippen LogP) is 2.67. The maximum Gasteiger partial charge on any atom is 0.212 e. The molecule has 0 aromatic carbocycles. The normalized spacial score (nSPS) is 42.4. The van der Waals surface area contributed by atoms with Crippen molar-refractivity contribution in [3.8, 4) is 0 Å². The molecule has 4 aliphatic rings. The minimum Gasteiger partial charge on any atom is -0.212 e. The first-order chi connectivity index (χ1) is 8.50. The van der Waals surface area contributed by atoms with Crippen LogP contribution < -0.4 is 4.72 Å². The van der Waals surface area contributed by atoms with Crippen molar-refractivity contribution in [2.24, 2.45) is 17.8 Å². The topological polar surface area (TPSA) is 46.2 Å². The minimum atomic E-state index is -3.06. The zero-order chi connectivity index (χ0) is 12.8. The summed E-state index contributed by atoms with van der Waals surface area (Å²) >= 11 is 0. The molecular formula is C14H25NO2S. The van der Waals surface area contributed by atoms with Crippen LogP contribution in [0.25, 0.3) is 0 Å². The highest BCUT2D eigenvalue weighted by Gasteiger charge is 2.52. The summed E-state index contributed by atoms with van der Waals surface area (Å²) in [6, 6.07) is 0. The fourth-order valence-corrected chi connectivity index (χ4v) is 6.63. The lowest BCUT2D eigenvalue weighted by Gasteiger charge is -2.56. The average molecular weight is 271 g/mol. The van der Waals surface area contributed by atoms with Gasteiger partial charge in [0.05, 0.1) is 5.75 Å². The second kappa shape index (κ2) is 4.48. The first-order valence-electron chi connectivity index (χ1n) is 7.52. The largest absolute Gasteiger partial charge is 0.212 e. The van der Waals surface area contributed by atoms with Crippen LogP contribution in [0, 0.1) is 17.8 Å². The Morgan fingerprint density at radius 3 is 2.00 bits per heavy atom. The lowest BCUT2D eigenvalue weighted by atomic mass is 9.53. The van der Waals surface area contributed by atoms with Gasteiger partial charge in [0.25, 0.3) is 0 Å². The van der Waals surface area contributed by atoms with E-state index in [-0.39, 0.29) is 5.54 Å². The second-order valence-corrected chi connectivity index (χ2v) is 8.81. The number of nitrogens with one attached hydrogen (secondary N) is 1. The van der Waals surface area contributed by atoms with Crippen LogP contribution in [0.15, 0.2) is 0 Å². The standard InChI is InChI=1S/C14H25NO2S/c1-2-3-4-18(16,17)15-14-8-11-5-12(9-14)7-13(6-11)10-14/h11-13,15H,2-10H2,1H3. The van der Waals surface area contributed by atoms with Gasteiger partial charge in [0, 0.05) is 5.54 Å². The van der Waals surface area contributed by atoms with Gasteiger partial charge < -0.3 is 0 Å². The van der Waals surface area contributed by atoms with Crippen LogP contribution in [0.5, 0.6) is 0 Å². The molecule has 104 valence electrons. The van der Waals surface area contributed by atoms with Crippen LogP contribution in [-0.2, 0) is 10.0 Å². The summed E-state index contributed by atoms with van der Waals surface area (Å²) in [6.45, 7) is 2.04. The fraction of sp³-hybridized carbons (Fsp3) is 1.00. The van der Waals surface area contributed by atoms with Crippen molar-refractivity contribution in [1.29, 1.82) is 0 Å². The zero-order valence-corrected chi connectivity index (χ0v) is 12.1. The third-order valence-electron chi connectivity index (χ3n) is 5.18. The first kappa shape index (κ1) is 12.9. The maximum absolute atomic E-state index is 12.2. The molecule has 0 aromatic rings. The SMILES string of the molecule is CCCCS(=O)(=O)NC12CC3CC(CC(C3)C1)C2. The van der Waals surface area contributed by atoms with Gasteiger partial charge in [-0.1, -0.05) is 13.3 Å². The van der Waals surface area contributed by atoms with Crippen LogP contribution in [-0.4, -0.2) is 19.7 Å². The monoisotopic (exact) mass is 271 g/mol. The van der Waals surface area contributed by atoms with Gasteiger partial charge in [-0.25, -0.2) is 13.1 Å². The molecule has 4 heteroatoms. The third kappa shape index (κ3) is 2.46. The van der Waals surface area contributed by atoms with Crippen LogP contribution in [0.3, 0.4) is 0 Å². The van der Waals surface area contributed by atoms with E-state index in [1.54, 1.807) is 0 Å². The van der Waals surface area contributed by atoms with Crippen molar-refractivity contribution < 1.29 is 8.42 Å². The highest BCUT2D eigenvalue weighted by molar-refractivity contribution is 7.89. The van der Waals surface area contributed by atoms with E-state index in [1.165, 1.54) is 19.3 Å². The second-order valence-electron chi connectivity index (χ2n) is 6.97. The molecule has 0 spiro atoms. The van der Waals surface area contributed by atoms with E-state index in [9.17, 15) is 8.42 Å². The summed E-state index contributed by atoms with van der Waals surface area (Å²) in [7, 11) is -3.06. The Bertz CT molecular complexity index is 380. The van der Waals surface area contributed by atoms with Crippen molar-refractivity contribution in [2.75, 3.05) is 5.75 Å². The molecule has 0 aliphatic heterocycles. The summed E-state index contributed by atoms with van der Waals surface area (Å²) in [5.74, 6) is 2.70. The Labute approximate surface area is 111 Å². The molecule has 3 nitrogen and oxygen atoms in total. The van der Waals surface area contributed by atoms with Crippen LogP contribution in [0.1, 0.15) is 58.3 Å². The Balaban J connectivity index is 1.72. The number of rotatable bonds is 5. The average Bonchev–Trinajstić information content (AvgIpc) is 2.22. The zero-order valence-electron chi connectivity index (χ0n) is 11.3. The van der Waals surface area contributed by atoms with Crippen LogP contribution in [0.2, 0.25) is 0 Å². The Kier molecular flexibility index (Phi) is 3.22. The molecule has 4 bridgehead atoms. The van der Waals surface area contributed by atoms with Crippen molar-refractivity contribution in [3.05, 3.63) is 0 Å². The summed E-state index contributed by atoms with van der Waals surface area (Å²) in [4.78, 5) is 0. The van der Waals surface area contributed by atoms with Gasteiger partial charge in [-0.2, -0.15) is 0 Å². The number of unbranched alkanes of at least 4 members (excludes halogenated alkanes) is 1. The molecule has 0 unspecified atom stereocenters. The van der Waals surface area contributed by atoms with Gasteiger partial charge >= 0.3 is 0 Å². The smallest absolute Gasteiger partial charge is 0.212 e. The Hall–Kier alpha value is -0.0900. The number of hydrogen-bond donors (Lipinski definition) is 1. The van der Waals surface area contributed by atoms with Crippen LogP contribution in [0.4, 0.5) is 0 Å². The number of sulfonamides is 1. The highest BCUT2D eigenvalue weighted by Crippen LogP contribution is 2.55. The Morgan fingerprint density at radius 2 is 1.56 bits per heavy atom. The summed E-state index contributed by atoms with van der Waals surface area (Å²) in [6.07, 6.45) is 9.10. The van der Waals surface area contributed by atoms with Crippen molar-refractivity contribution in [2.45, 2.75) is 63.8 Å². The molecule has 0 amide bonds. The van der Waals surface area contributed by atoms with E-state index < -0.39 is 10.0 Å². The highest BCUT2D eigenvalue weighted by atomic mass is 32.2. The quantitative estimate of drug-likeness (QED) is 0.835. The summed E-state index contributed by atoms with van der Waals surface area (Å²) in [5.41, 5.74) is -0.0542. The van der Waals surface area contributed by atoms with Crippen molar-refractivity contribution in [3.63, 3.8) is 0 Å². The number of hydrogen-bond acceptors (Lipinski definition) is 2.